The number of hydrogen-bond donors (Lipinski definition) is 0. The summed E-state index contributed by atoms with van der Waals surface area (Å²) in [6, 6.07) is 0. The Morgan fingerprint density at radius 3 is 1.42 bits per heavy atom. The van der Waals surface area contributed by atoms with Gasteiger partial charge in [-0.2, -0.15) is 0 Å². The molecule has 0 atom stereocenters. The quantitative estimate of drug-likeness (QED) is 0.451. The lowest BCUT2D eigenvalue weighted by molar-refractivity contribution is -0.109. The molecule has 0 aliphatic carbocycles. The summed E-state index contributed by atoms with van der Waals surface area (Å²) in [4.78, 5) is 28.5. The van der Waals surface area contributed by atoms with E-state index in [2.05, 4.69) is 0 Å². The topological polar surface area (TPSA) is 51.2 Å². The van der Waals surface area contributed by atoms with Crippen LogP contribution in [0, 0.1) is 0 Å². The fourth-order valence-corrected chi connectivity index (χ4v) is 0.402. The molecular formula is C9H16O3. The van der Waals surface area contributed by atoms with E-state index >= 15 is 0 Å². The van der Waals surface area contributed by atoms with Crippen LogP contribution in [-0.2, 0) is 14.4 Å². The molecule has 3 nitrogen and oxygen atoms in total. The van der Waals surface area contributed by atoms with E-state index in [1.54, 1.807) is 0 Å². The minimum absolute atomic E-state index is 0.513. The first kappa shape index (κ1) is 13.6. The van der Waals surface area contributed by atoms with E-state index in [9.17, 15) is 14.4 Å². The number of unbranched alkanes of at least 4 members (excludes halogenated alkanes) is 3. The molecular weight excluding hydrogens is 156 g/mol. The van der Waals surface area contributed by atoms with E-state index in [0.29, 0.717) is 25.7 Å². The SMILES string of the molecule is CCCC=O.O=CCCCC=O. The van der Waals surface area contributed by atoms with Crippen molar-refractivity contribution in [3.63, 3.8) is 0 Å². The first-order valence-electron chi connectivity index (χ1n) is 4.14. The normalized spacial score (nSPS) is 7.75. The average Bonchev–Trinajstić information content (AvgIpc) is 2.08. The number of aldehydes is 3. The highest BCUT2D eigenvalue weighted by Crippen LogP contribution is 1.85. The lowest BCUT2D eigenvalue weighted by Crippen LogP contribution is -1.76. The Hall–Kier alpha value is -0.990. The van der Waals surface area contributed by atoms with Gasteiger partial charge in [0.1, 0.15) is 18.9 Å². The fourth-order valence-electron chi connectivity index (χ4n) is 0.402. The molecule has 0 aromatic heterocycles. The summed E-state index contributed by atoms with van der Waals surface area (Å²) in [6.45, 7) is 1.98. The second-order valence-electron chi connectivity index (χ2n) is 2.22. The minimum atomic E-state index is 0.513. The van der Waals surface area contributed by atoms with Gasteiger partial charge in [-0.25, -0.2) is 0 Å². The molecule has 0 aliphatic rings. The van der Waals surface area contributed by atoms with Crippen molar-refractivity contribution >= 4 is 18.9 Å². The van der Waals surface area contributed by atoms with Gasteiger partial charge in [-0.3, -0.25) is 0 Å². The zero-order valence-electron chi connectivity index (χ0n) is 7.49. The third-order valence-electron chi connectivity index (χ3n) is 1.05. The van der Waals surface area contributed by atoms with Crippen LogP contribution >= 0.6 is 0 Å². The molecule has 0 amide bonds. The number of hydrogen-bond acceptors (Lipinski definition) is 3. The van der Waals surface area contributed by atoms with Crippen molar-refractivity contribution < 1.29 is 14.4 Å². The molecule has 12 heavy (non-hydrogen) atoms. The van der Waals surface area contributed by atoms with Crippen LogP contribution in [0.2, 0.25) is 0 Å². The van der Waals surface area contributed by atoms with Crippen LogP contribution < -0.4 is 0 Å². The average molecular weight is 172 g/mol. The Bertz CT molecular complexity index is 102. The first-order valence-corrected chi connectivity index (χ1v) is 4.14. The maximum Gasteiger partial charge on any atom is 0.120 e. The third-order valence-corrected chi connectivity index (χ3v) is 1.05. The highest BCUT2D eigenvalue weighted by molar-refractivity contribution is 5.52. The van der Waals surface area contributed by atoms with Crippen molar-refractivity contribution in [2.45, 2.75) is 39.0 Å². The van der Waals surface area contributed by atoms with Crippen LogP contribution in [0.4, 0.5) is 0 Å². The maximum absolute atomic E-state index is 9.56. The van der Waals surface area contributed by atoms with Gasteiger partial charge >= 0.3 is 0 Å². The van der Waals surface area contributed by atoms with Crippen molar-refractivity contribution in [3.05, 3.63) is 0 Å². The molecule has 0 spiro atoms. The molecule has 0 saturated heterocycles. The smallest absolute Gasteiger partial charge is 0.120 e. The summed E-state index contributed by atoms with van der Waals surface area (Å²) in [6.07, 6.45) is 5.99. The zero-order chi connectivity index (χ0) is 9.66. The van der Waals surface area contributed by atoms with Crippen molar-refractivity contribution in [1.82, 2.24) is 0 Å². The minimum Gasteiger partial charge on any atom is -0.303 e. The monoisotopic (exact) mass is 172 g/mol. The maximum atomic E-state index is 9.56. The van der Waals surface area contributed by atoms with Crippen molar-refractivity contribution in [3.8, 4) is 0 Å². The molecule has 3 heteroatoms. The van der Waals surface area contributed by atoms with Gasteiger partial charge in [0.05, 0.1) is 0 Å². The molecule has 70 valence electrons. The zero-order valence-corrected chi connectivity index (χ0v) is 7.49. The molecule has 0 saturated carbocycles. The van der Waals surface area contributed by atoms with Crippen LogP contribution in [-0.4, -0.2) is 18.9 Å². The Morgan fingerprint density at radius 2 is 1.25 bits per heavy atom. The van der Waals surface area contributed by atoms with E-state index in [0.717, 1.165) is 25.3 Å². The highest BCUT2D eigenvalue weighted by atomic mass is 16.1. The second kappa shape index (κ2) is 16.5. The van der Waals surface area contributed by atoms with E-state index < -0.39 is 0 Å². The highest BCUT2D eigenvalue weighted by Gasteiger charge is 1.80. The van der Waals surface area contributed by atoms with Gasteiger partial charge in [0.2, 0.25) is 0 Å². The van der Waals surface area contributed by atoms with Crippen LogP contribution in [0.3, 0.4) is 0 Å². The molecule has 0 fully saturated rings. The van der Waals surface area contributed by atoms with Crippen molar-refractivity contribution in [2.75, 3.05) is 0 Å². The Labute approximate surface area is 73.1 Å². The van der Waals surface area contributed by atoms with Crippen molar-refractivity contribution in [1.29, 1.82) is 0 Å². The van der Waals surface area contributed by atoms with Crippen LogP contribution in [0.25, 0.3) is 0 Å². The predicted octanol–water partition coefficient (Wildman–Crippen LogP) is 1.54. The summed E-state index contributed by atoms with van der Waals surface area (Å²) < 4.78 is 0. The fraction of sp³-hybridized carbons (Fsp3) is 0.667. The van der Waals surface area contributed by atoms with Crippen LogP contribution in [0.15, 0.2) is 0 Å². The van der Waals surface area contributed by atoms with Gasteiger partial charge < -0.3 is 14.4 Å². The van der Waals surface area contributed by atoms with E-state index in [-0.39, 0.29) is 0 Å². The predicted molar refractivity (Wildman–Crippen MR) is 47.0 cm³/mol. The number of carbonyl (C=O) groups is 3. The first-order chi connectivity index (χ1) is 5.83. The van der Waals surface area contributed by atoms with Gasteiger partial charge in [-0.1, -0.05) is 6.92 Å². The van der Waals surface area contributed by atoms with Gasteiger partial charge in [0.15, 0.2) is 0 Å². The summed E-state index contributed by atoms with van der Waals surface area (Å²) in [5, 5.41) is 0. The largest absolute Gasteiger partial charge is 0.303 e. The van der Waals surface area contributed by atoms with Crippen molar-refractivity contribution in [2.24, 2.45) is 0 Å². The van der Waals surface area contributed by atoms with E-state index in [4.69, 9.17) is 0 Å². The molecule has 0 N–H and O–H groups in total. The van der Waals surface area contributed by atoms with Gasteiger partial charge in [0.25, 0.3) is 0 Å². The second-order valence-corrected chi connectivity index (χ2v) is 2.22. The Kier molecular flexibility index (Phi) is 18.7. The number of rotatable bonds is 6. The Morgan fingerprint density at radius 1 is 0.833 bits per heavy atom. The molecule has 0 aliphatic heterocycles. The van der Waals surface area contributed by atoms with Gasteiger partial charge in [0, 0.05) is 19.3 Å². The molecule has 0 heterocycles. The molecule has 0 unspecified atom stereocenters. The molecule has 0 aromatic rings. The summed E-state index contributed by atoms with van der Waals surface area (Å²) >= 11 is 0. The molecule has 0 radical (unpaired) electrons. The number of carbonyl (C=O) groups excluding carboxylic acids is 3. The standard InChI is InChI=1S/C5H8O2.C4H8O/c6-4-2-1-3-5-7;1-2-3-4-5/h4-5H,1-3H2;4H,2-3H2,1H3. The molecule has 0 bridgehead atoms. The Balaban J connectivity index is 0. The van der Waals surface area contributed by atoms with Gasteiger partial charge in [-0.05, 0) is 12.8 Å². The molecule has 0 rings (SSSR count). The third kappa shape index (κ3) is 23.0. The lowest BCUT2D eigenvalue weighted by Gasteiger charge is -1.78. The summed E-state index contributed by atoms with van der Waals surface area (Å²) in [7, 11) is 0. The molecule has 0 aromatic carbocycles. The van der Waals surface area contributed by atoms with E-state index in [1.165, 1.54) is 0 Å². The van der Waals surface area contributed by atoms with Gasteiger partial charge in [-0.15, -0.1) is 0 Å². The van der Waals surface area contributed by atoms with E-state index in [1.807, 2.05) is 6.92 Å². The van der Waals surface area contributed by atoms with Crippen LogP contribution in [0.5, 0.6) is 0 Å². The lowest BCUT2D eigenvalue weighted by atomic mass is 10.3. The summed E-state index contributed by atoms with van der Waals surface area (Å²) in [5.74, 6) is 0. The summed E-state index contributed by atoms with van der Waals surface area (Å²) in [5.41, 5.74) is 0. The van der Waals surface area contributed by atoms with Crippen LogP contribution in [0.1, 0.15) is 39.0 Å².